The second-order valence-electron chi connectivity index (χ2n) is 5.09. The van der Waals surface area contributed by atoms with Crippen LogP contribution in [0.5, 0.6) is 0 Å². The summed E-state index contributed by atoms with van der Waals surface area (Å²) < 4.78 is 0. The number of hydrogen-bond acceptors (Lipinski definition) is 3. The molecule has 0 amide bonds. The minimum Gasteiger partial charge on any atom is -0.329 e. The van der Waals surface area contributed by atoms with Gasteiger partial charge in [0.2, 0.25) is 0 Å². The highest BCUT2D eigenvalue weighted by molar-refractivity contribution is 5.59. The zero-order valence-corrected chi connectivity index (χ0v) is 12.6. The lowest BCUT2D eigenvalue weighted by Gasteiger charge is -2.19. The fourth-order valence-electron chi connectivity index (χ4n) is 2.06. The average molecular weight is 269 g/mol. The summed E-state index contributed by atoms with van der Waals surface area (Å²) in [6.45, 7) is 6.22. The molecule has 1 heterocycles. The molecule has 0 saturated heterocycles. The van der Waals surface area contributed by atoms with Crippen molar-refractivity contribution in [2.75, 3.05) is 18.5 Å². The molecule has 0 saturated carbocycles. The molecule has 0 aliphatic carbocycles. The van der Waals surface area contributed by atoms with Crippen LogP contribution < -0.4 is 10.2 Å². The van der Waals surface area contributed by atoms with Crippen LogP contribution in [0.15, 0.2) is 42.6 Å². The molecule has 0 fully saturated rings. The first-order valence-corrected chi connectivity index (χ1v) is 7.16. The van der Waals surface area contributed by atoms with Crippen molar-refractivity contribution in [3.8, 4) is 0 Å². The van der Waals surface area contributed by atoms with E-state index in [0.717, 1.165) is 31.0 Å². The number of nitrogens with zero attached hydrogens (tertiary/aromatic N) is 2. The molecular weight excluding hydrogens is 246 g/mol. The fourth-order valence-corrected chi connectivity index (χ4v) is 2.06. The molecule has 0 spiro atoms. The highest BCUT2D eigenvalue weighted by atomic mass is 15.2. The van der Waals surface area contributed by atoms with E-state index in [2.05, 4.69) is 72.5 Å². The largest absolute Gasteiger partial charge is 0.329 e. The van der Waals surface area contributed by atoms with E-state index >= 15 is 0 Å². The topological polar surface area (TPSA) is 28.2 Å². The maximum atomic E-state index is 4.46. The Balaban J connectivity index is 2.11. The van der Waals surface area contributed by atoms with Crippen molar-refractivity contribution in [3.05, 3.63) is 53.7 Å². The molecule has 0 bridgehead atoms. The highest BCUT2D eigenvalue weighted by Gasteiger charge is 2.05. The van der Waals surface area contributed by atoms with E-state index in [1.807, 2.05) is 6.20 Å². The summed E-state index contributed by atoms with van der Waals surface area (Å²) in [5.41, 5.74) is 3.69. The quantitative estimate of drug-likeness (QED) is 0.811. The van der Waals surface area contributed by atoms with Crippen LogP contribution in [0.2, 0.25) is 0 Å². The third-order valence-corrected chi connectivity index (χ3v) is 3.33. The molecule has 2 rings (SSSR count). The number of aromatic nitrogens is 1. The monoisotopic (exact) mass is 269 g/mol. The van der Waals surface area contributed by atoms with Crippen LogP contribution in [0.1, 0.15) is 24.5 Å². The van der Waals surface area contributed by atoms with E-state index in [1.54, 1.807) is 0 Å². The first-order valence-electron chi connectivity index (χ1n) is 7.16. The molecule has 3 nitrogen and oxygen atoms in total. The van der Waals surface area contributed by atoms with E-state index in [4.69, 9.17) is 0 Å². The fraction of sp³-hybridized carbons (Fsp3) is 0.353. The molecule has 0 aliphatic heterocycles. The zero-order chi connectivity index (χ0) is 14.4. The third kappa shape index (κ3) is 3.81. The van der Waals surface area contributed by atoms with Crippen molar-refractivity contribution in [2.24, 2.45) is 0 Å². The Hall–Kier alpha value is -1.87. The van der Waals surface area contributed by atoms with E-state index in [0.29, 0.717) is 0 Å². The van der Waals surface area contributed by atoms with Gasteiger partial charge in [0.05, 0.1) is 0 Å². The van der Waals surface area contributed by atoms with E-state index in [9.17, 15) is 0 Å². The van der Waals surface area contributed by atoms with Crippen molar-refractivity contribution in [1.82, 2.24) is 10.3 Å². The minimum absolute atomic E-state index is 0.894. The smallest absolute Gasteiger partial charge is 0.132 e. The lowest BCUT2D eigenvalue weighted by atomic mass is 10.2. The van der Waals surface area contributed by atoms with Gasteiger partial charge in [0, 0.05) is 25.5 Å². The first-order chi connectivity index (χ1) is 9.70. The van der Waals surface area contributed by atoms with Gasteiger partial charge in [0.25, 0.3) is 0 Å². The summed E-state index contributed by atoms with van der Waals surface area (Å²) in [6, 6.07) is 12.7. The molecule has 0 radical (unpaired) electrons. The van der Waals surface area contributed by atoms with Crippen LogP contribution in [0.25, 0.3) is 0 Å². The number of aryl methyl sites for hydroxylation is 1. The normalized spacial score (nSPS) is 10.6. The molecule has 2 aromatic rings. The van der Waals surface area contributed by atoms with Crippen LogP contribution in [-0.4, -0.2) is 18.6 Å². The van der Waals surface area contributed by atoms with Crippen molar-refractivity contribution in [3.63, 3.8) is 0 Å². The van der Waals surface area contributed by atoms with Gasteiger partial charge in [-0.25, -0.2) is 4.98 Å². The minimum atomic E-state index is 0.894. The van der Waals surface area contributed by atoms with Gasteiger partial charge in [-0.1, -0.05) is 24.6 Å². The SMILES string of the molecule is CCCNCc1ccnc(N(C)c2ccc(C)cc2)c1. The number of hydrogen-bond donors (Lipinski definition) is 1. The second kappa shape index (κ2) is 7.06. The summed E-state index contributed by atoms with van der Waals surface area (Å²) in [5, 5.41) is 3.42. The molecule has 106 valence electrons. The molecule has 0 aliphatic rings. The Morgan fingerprint density at radius 2 is 1.90 bits per heavy atom. The number of rotatable bonds is 6. The van der Waals surface area contributed by atoms with Crippen molar-refractivity contribution in [1.29, 1.82) is 0 Å². The van der Waals surface area contributed by atoms with Crippen molar-refractivity contribution >= 4 is 11.5 Å². The molecule has 1 N–H and O–H groups in total. The van der Waals surface area contributed by atoms with Crippen LogP contribution in [0.3, 0.4) is 0 Å². The predicted molar refractivity (Wildman–Crippen MR) is 85.5 cm³/mol. The number of anilines is 2. The Bertz CT molecular complexity index is 534. The summed E-state index contributed by atoms with van der Waals surface area (Å²) in [6.07, 6.45) is 3.03. The molecule has 0 atom stereocenters. The lowest BCUT2D eigenvalue weighted by molar-refractivity contribution is 0.675. The van der Waals surface area contributed by atoms with Crippen LogP contribution in [0, 0.1) is 6.92 Å². The zero-order valence-electron chi connectivity index (χ0n) is 12.6. The maximum absolute atomic E-state index is 4.46. The number of nitrogens with one attached hydrogen (secondary N) is 1. The lowest BCUT2D eigenvalue weighted by Crippen LogP contribution is -2.15. The molecular formula is C17H23N3. The van der Waals surface area contributed by atoms with Crippen LogP contribution >= 0.6 is 0 Å². The van der Waals surface area contributed by atoms with Gasteiger partial charge in [0.15, 0.2) is 0 Å². The molecule has 3 heteroatoms. The van der Waals surface area contributed by atoms with Crippen LogP contribution in [-0.2, 0) is 6.54 Å². The average Bonchev–Trinajstić information content (AvgIpc) is 2.48. The molecule has 0 unspecified atom stereocenters. The number of pyridine rings is 1. The second-order valence-corrected chi connectivity index (χ2v) is 5.09. The van der Waals surface area contributed by atoms with Gasteiger partial charge >= 0.3 is 0 Å². The summed E-state index contributed by atoms with van der Waals surface area (Å²) >= 11 is 0. The Morgan fingerprint density at radius 3 is 2.60 bits per heavy atom. The maximum Gasteiger partial charge on any atom is 0.132 e. The molecule has 1 aromatic heterocycles. The van der Waals surface area contributed by atoms with Gasteiger partial charge < -0.3 is 10.2 Å². The van der Waals surface area contributed by atoms with Gasteiger partial charge in [-0.2, -0.15) is 0 Å². The predicted octanol–water partition coefficient (Wildman–Crippen LogP) is 3.66. The van der Waals surface area contributed by atoms with Gasteiger partial charge in [0.1, 0.15) is 5.82 Å². The Kier molecular flexibility index (Phi) is 5.13. The van der Waals surface area contributed by atoms with Gasteiger partial charge in [-0.3, -0.25) is 0 Å². The summed E-state index contributed by atoms with van der Waals surface area (Å²) in [4.78, 5) is 6.58. The van der Waals surface area contributed by atoms with E-state index < -0.39 is 0 Å². The van der Waals surface area contributed by atoms with E-state index in [-0.39, 0.29) is 0 Å². The van der Waals surface area contributed by atoms with Crippen LogP contribution in [0.4, 0.5) is 11.5 Å². The standard InChI is InChI=1S/C17H23N3/c1-4-10-18-13-15-9-11-19-17(12-15)20(3)16-7-5-14(2)6-8-16/h5-9,11-12,18H,4,10,13H2,1-3H3. The molecule has 20 heavy (non-hydrogen) atoms. The number of benzene rings is 1. The third-order valence-electron chi connectivity index (χ3n) is 3.33. The highest BCUT2D eigenvalue weighted by Crippen LogP contribution is 2.22. The van der Waals surface area contributed by atoms with Gasteiger partial charge in [-0.05, 0) is 49.7 Å². The summed E-state index contributed by atoms with van der Waals surface area (Å²) in [5.74, 6) is 0.977. The first kappa shape index (κ1) is 14.5. The Morgan fingerprint density at radius 1 is 1.15 bits per heavy atom. The Labute approximate surface area is 121 Å². The van der Waals surface area contributed by atoms with Crippen molar-refractivity contribution in [2.45, 2.75) is 26.8 Å². The van der Waals surface area contributed by atoms with Gasteiger partial charge in [-0.15, -0.1) is 0 Å². The summed E-state index contributed by atoms with van der Waals surface area (Å²) in [7, 11) is 2.05. The molecule has 1 aromatic carbocycles. The van der Waals surface area contributed by atoms with Crippen molar-refractivity contribution < 1.29 is 0 Å². The van der Waals surface area contributed by atoms with E-state index in [1.165, 1.54) is 11.1 Å².